The zero-order chi connectivity index (χ0) is 38.4. The monoisotopic (exact) mass is 746 g/mol. The van der Waals surface area contributed by atoms with Crippen LogP contribution < -0.4 is 14.9 Å². The number of aliphatic imine (C=N–C) groups is 1. The van der Waals surface area contributed by atoms with Gasteiger partial charge in [0.2, 0.25) is 0 Å². The predicted octanol–water partition coefficient (Wildman–Crippen LogP) is 5.43. The van der Waals surface area contributed by atoms with E-state index >= 15 is 0 Å². The van der Waals surface area contributed by atoms with E-state index in [4.69, 9.17) is 24.2 Å². The van der Waals surface area contributed by atoms with Crippen LogP contribution in [0, 0.1) is 11.2 Å². The molecule has 0 bridgehead atoms. The topological polar surface area (TPSA) is 124 Å². The maximum Gasteiger partial charge on any atom is 0.410 e. The van der Waals surface area contributed by atoms with Crippen LogP contribution in [0.15, 0.2) is 40.6 Å². The highest BCUT2D eigenvalue weighted by molar-refractivity contribution is 6.29. The highest BCUT2D eigenvalue weighted by Crippen LogP contribution is 2.51. The van der Waals surface area contributed by atoms with Crippen molar-refractivity contribution in [1.29, 1.82) is 0 Å². The van der Waals surface area contributed by atoms with Crippen molar-refractivity contribution in [3.05, 3.63) is 53.1 Å². The predicted molar refractivity (Wildman–Crippen MR) is 203 cm³/mol. The van der Waals surface area contributed by atoms with Crippen molar-refractivity contribution in [3.8, 4) is 11.5 Å². The zero-order valence-corrected chi connectivity index (χ0v) is 32.7. The Kier molecular flexibility index (Phi) is 10.3. The standard InChI is InChI=1S/C40H55FN8O5/c1-8-49(26(2)3)36(50)30-19-27(41)9-10-34(30)53-39(7)44-35(22-43-45-39)46-16-12-29(13-17-46)52-33-11-15-42-32-14-18-47(23-31(32)33)28-20-40(21-28)24-48(25-40)37(51)54-38(4,5)6/h9-11,15,19,22,26,28-29,45H,8,12-14,16-18,20-21,23-25H2,1-7H3. The van der Waals surface area contributed by atoms with Crippen LogP contribution in [0.5, 0.6) is 11.5 Å². The van der Waals surface area contributed by atoms with E-state index in [2.05, 4.69) is 20.3 Å². The van der Waals surface area contributed by atoms with Gasteiger partial charge in [-0.2, -0.15) is 5.10 Å². The van der Waals surface area contributed by atoms with E-state index in [1.165, 1.54) is 23.8 Å². The zero-order valence-electron chi connectivity index (χ0n) is 32.7. The number of amides is 2. The number of hydrogen-bond donors (Lipinski definition) is 1. The Hall–Kier alpha value is -4.46. The second kappa shape index (κ2) is 14.6. The fourth-order valence-corrected chi connectivity index (χ4v) is 8.46. The number of ether oxygens (including phenoxy) is 3. The number of nitrogens with one attached hydrogen (secondary N) is 1. The summed E-state index contributed by atoms with van der Waals surface area (Å²) < 4.78 is 32.9. The van der Waals surface area contributed by atoms with E-state index in [9.17, 15) is 14.0 Å². The molecule has 1 aromatic heterocycles. The SMILES string of the molecule is CCN(C(=O)c1cc(F)ccc1OC1(C)N=C(N2CCC(Oc3ccnc4c3CN(C3CC5(C3)CN(C(=O)OC(C)(C)C)C5)CC4)CC2)C=NN1)C(C)C. The Labute approximate surface area is 317 Å². The Morgan fingerprint density at radius 1 is 1.09 bits per heavy atom. The molecule has 13 nitrogen and oxygen atoms in total. The van der Waals surface area contributed by atoms with E-state index in [1.54, 1.807) is 18.0 Å². The van der Waals surface area contributed by atoms with Gasteiger partial charge in [-0.25, -0.2) is 19.6 Å². The number of hydrazone groups is 1. The molecule has 4 aliphatic heterocycles. The van der Waals surface area contributed by atoms with Gasteiger partial charge in [-0.15, -0.1) is 0 Å². The van der Waals surface area contributed by atoms with Crippen LogP contribution in [0.25, 0.3) is 0 Å². The summed E-state index contributed by atoms with van der Waals surface area (Å²) in [4.78, 5) is 43.7. The van der Waals surface area contributed by atoms with Gasteiger partial charge in [0.1, 0.15) is 34.9 Å². The van der Waals surface area contributed by atoms with Crippen molar-refractivity contribution in [2.45, 2.75) is 117 Å². The van der Waals surface area contributed by atoms with Crippen LogP contribution in [-0.4, -0.2) is 118 Å². The minimum absolute atomic E-state index is 0.0426. The fourth-order valence-electron chi connectivity index (χ4n) is 8.46. The van der Waals surface area contributed by atoms with Crippen molar-refractivity contribution in [2.24, 2.45) is 15.5 Å². The summed E-state index contributed by atoms with van der Waals surface area (Å²) in [5.74, 6) is -0.319. The highest BCUT2D eigenvalue weighted by Gasteiger charge is 2.56. The fraction of sp³-hybridized carbons (Fsp3) is 0.625. The quantitative estimate of drug-likeness (QED) is 0.377. The number of likely N-dealkylation sites (tertiary alicyclic amines) is 2. The molecule has 5 aliphatic rings. The van der Waals surface area contributed by atoms with Crippen molar-refractivity contribution < 1.29 is 28.2 Å². The molecule has 1 saturated carbocycles. The van der Waals surface area contributed by atoms with Crippen molar-refractivity contribution >= 4 is 24.1 Å². The first kappa shape index (κ1) is 37.8. The molecule has 54 heavy (non-hydrogen) atoms. The van der Waals surface area contributed by atoms with Gasteiger partial charge in [0.05, 0.1) is 11.8 Å². The molecule has 2 saturated heterocycles. The lowest BCUT2D eigenvalue weighted by Crippen LogP contribution is -2.68. The van der Waals surface area contributed by atoms with Gasteiger partial charge in [-0.3, -0.25) is 14.7 Å². The van der Waals surface area contributed by atoms with E-state index in [0.717, 1.165) is 82.8 Å². The average molecular weight is 747 g/mol. The number of carbonyl (C=O) groups is 2. The Bertz CT molecular complexity index is 1790. The molecule has 14 heteroatoms. The second-order valence-corrected chi connectivity index (χ2v) is 16.9. The highest BCUT2D eigenvalue weighted by atomic mass is 19.1. The molecule has 1 N–H and O–H groups in total. The number of fused-ring (bicyclic) bond motifs is 1. The van der Waals surface area contributed by atoms with Crippen LogP contribution in [0.1, 0.15) is 95.8 Å². The molecular weight excluding hydrogens is 691 g/mol. The van der Waals surface area contributed by atoms with Gasteiger partial charge in [-0.1, -0.05) is 0 Å². The summed E-state index contributed by atoms with van der Waals surface area (Å²) in [7, 11) is 0. The number of hydrogen-bond acceptors (Lipinski definition) is 11. The van der Waals surface area contributed by atoms with E-state index in [0.29, 0.717) is 18.4 Å². The molecule has 7 rings (SSSR count). The van der Waals surface area contributed by atoms with Gasteiger partial charge in [0.25, 0.3) is 11.8 Å². The lowest BCUT2D eigenvalue weighted by atomic mass is 9.60. The third-order valence-corrected chi connectivity index (χ3v) is 11.2. The van der Waals surface area contributed by atoms with Crippen molar-refractivity contribution in [1.82, 2.24) is 30.0 Å². The number of aromatic nitrogens is 1. The third kappa shape index (κ3) is 7.99. The number of piperidine rings is 1. The van der Waals surface area contributed by atoms with Crippen LogP contribution >= 0.6 is 0 Å². The van der Waals surface area contributed by atoms with Crippen molar-refractivity contribution in [2.75, 3.05) is 39.3 Å². The van der Waals surface area contributed by atoms with Crippen LogP contribution in [0.3, 0.4) is 0 Å². The van der Waals surface area contributed by atoms with E-state index < -0.39 is 17.3 Å². The largest absolute Gasteiger partial charge is 0.490 e. The molecule has 1 spiro atoms. The Morgan fingerprint density at radius 2 is 1.83 bits per heavy atom. The summed E-state index contributed by atoms with van der Waals surface area (Å²) in [6, 6.07) is 6.40. The van der Waals surface area contributed by atoms with E-state index in [1.807, 2.05) is 58.7 Å². The normalized spacial score (nSPS) is 22.9. The molecule has 5 heterocycles. The van der Waals surface area contributed by atoms with Gasteiger partial charge >= 0.3 is 6.09 Å². The summed E-state index contributed by atoms with van der Waals surface area (Å²) in [6.07, 6.45) is 8.08. The smallest absolute Gasteiger partial charge is 0.410 e. The van der Waals surface area contributed by atoms with Crippen LogP contribution in [0.4, 0.5) is 9.18 Å². The number of benzene rings is 1. The number of pyridine rings is 1. The Morgan fingerprint density at radius 3 is 2.52 bits per heavy atom. The first-order chi connectivity index (χ1) is 25.6. The maximum absolute atomic E-state index is 14.4. The molecule has 2 amide bonds. The molecule has 3 fully saturated rings. The number of rotatable bonds is 8. The minimum Gasteiger partial charge on any atom is -0.490 e. The van der Waals surface area contributed by atoms with Gasteiger partial charge in [-0.05, 0) is 78.6 Å². The first-order valence-electron chi connectivity index (χ1n) is 19.4. The maximum atomic E-state index is 14.4. The molecule has 1 aromatic carbocycles. The average Bonchev–Trinajstić information content (AvgIpc) is 3.07. The summed E-state index contributed by atoms with van der Waals surface area (Å²) in [6.45, 7) is 18.5. The lowest BCUT2D eigenvalue weighted by Gasteiger charge is -2.61. The lowest BCUT2D eigenvalue weighted by molar-refractivity contribution is -0.110. The van der Waals surface area contributed by atoms with Gasteiger partial charge in [0, 0.05) is 107 Å². The molecule has 1 aliphatic carbocycles. The summed E-state index contributed by atoms with van der Waals surface area (Å²) in [5, 5.41) is 4.36. The minimum atomic E-state index is -1.31. The molecular formula is C40H55FN8O5. The number of carbonyl (C=O) groups excluding carboxylic acids is 2. The second-order valence-electron chi connectivity index (χ2n) is 16.9. The van der Waals surface area contributed by atoms with Crippen LogP contribution in [0.2, 0.25) is 0 Å². The Balaban J connectivity index is 0.938. The number of nitrogens with zero attached hydrogens (tertiary/aromatic N) is 7. The molecule has 2 aromatic rings. The van der Waals surface area contributed by atoms with Gasteiger partial charge < -0.3 is 28.9 Å². The molecule has 292 valence electrons. The van der Waals surface area contributed by atoms with Gasteiger partial charge in [0.15, 0.2) is 0 Å². The first-order valence-corrected chi connectivity index (χ1v) is 19.4. The third-order valence-electron chi connectivity index (χ3n) is 11.2. The molecule has 1 unspecified atom stereocenters. The van der Waals surface area contributed by atoms with Crippen molar-refractivity contribution in [3.63, 3.8) is 0 Å². The molecule has 1 atom stereocenters. The van der Waals surface area contributed by atoms with Crippen LogP contribution in [-0.2, 0) is 17.7 Å². The summed E-state index contributed by atoms with van der Waals surface area (Å²) in [5.41, 5.74) is 5.13. The molecule has 0 radical (unpaired) electrons. The summed E-state index contributed by atoms with van der Waals surface area (Å²) >= 11 is 0. The number of halogens is 1. The van der Waals surface area contributed by atoms with E-state index in [-0.39, 0.29) is 40.9 Å². The number of amidine groups is 1.